The van der Waals surface area contributed by atoms with Gasteiger partial charge in [-0.1, -0.05) is 0 Å². The molecule has 4 nitrogen and oxygen atoms in total. The van der Waals surface area contributed by atoms with Crippen LogP contribution in [0.2, 0.25) is 0 Å². The van der Waals surface area contributed by atoms with Crippen LogP contribution in [-0.2, 0) is 0 Å². The van der Waals surface area contributed by atoms with Gasteiger partial charge in [0.05, 0.1) is 5.56 Å². The molecule has 0 radical (unpaired) electrons. The second-order valence-electron chi connectivity index (χ2n) is 4.55. The predicted molar refractivity (Wildman–Crippen MR) is 65.8 cm³/mol. The summed E-state index contributed by atoms with van der Waals surface area (Å²) in [5.74, 6) is -1.22. The molecule has 1 aromatic rings. The molecule has 0 aromatic heterocycles. The second-order valence-corrected chi connectivity index (χ2v) is 4.55. The molecule has 98 valence electrons. The van der Waals surface area contributed by atoms with Crippen molar-refractivity contribution in [2.45, 2.75) is 25.3 Å². The maximum Gasteiger partial charge on any atom is 0.257 e. The third-order valence-electron chi connectivity index (χ3n) is 3.34. The number of likely N-dealkylation sites (tertiary alicyclic amines) is 1. The minimum Gasteiger partial charge on any atom is -0.508 e. The summed E-state index contributed by atoms with van der Waals surface area (Å²) in [5, 5.41) is 9.14. The molecule has 5 heteroatoms. The molecule has 0 saturated carbocycles. The van der Waals surface area contributed by atoms with E-state index < -0.39 is 5.82 Å². The fourth-order valence-electron chi connectivity index (χ4n) is 2.35. The molecule has 1 fully saturated rings. The van der Waals surface area contributed by atoms with E-state index in [1.165, 1.54) is 12.1 Å². The van der Waals surface area contributed by atoms with Crippen molar-refractivity contribution in [3.05, 3.63) is 29.6 Å². The lowest BCUT2D eigenvalue weighted by atomic mass is 10.0. The third-order valence-corrected chi connectivity index (χ3v) is 3.34. The molecular formula is C13H17FN2O2. The van der Waals surface area contributed by atoms with E-state index in [9.17, 15) is 9.18 Å². The van der Waals surface area contributed by atoms with Gasteiger partial charge in [0.25, 0.3) is 5.91 Å². The molecule has 1 amide bonds. The molecule has 1 atom stereocenters. The van der Waals surface area contributed by atoms with Crippen LogP contribution in [0.4, 0.5) is 4.39 Å². The van der Waals surface area contributed by atoms with Crippen molar-refractivity contribution in [1.29, 1.82) is 0 Å². The summed E-state index contributed by atoms with van der Waals surface area (Å²) in [5.41, 5.74) is 5.64. The van der Waals surface area contributed by atoms with Crippen LogP contribution in [0, 0.1) is 5.82 Å². The fourth-order valence-corrected chi connectivity index (χ4v) is 2.35. The van der Waals surface area contributed by atoms with E-state index in [1.807, 2.05) is 0 Å². The van der Waals surface area contributed by atoms with Crippen molar-refractivity contribution in [3.63, 3.8) is 0 Å². The fraction of sp³-hybridized carbons (Fsp3) is 0.462. The number of aromatic hydroxyl groups is 1. The number of phenols is 1. The average molecular weight is 252 g/mol. The number of amides is 1. The maximum atomic E-state index is 13.6. The van der Waals surface area contributed by atoms with Gasteiger partial charge < -0.3 is 15.7 Å². The molecule has 1 saturated heterocycles. The van der Waals surface area contributed by atoms with E-state index in [-0.39, 0.29) is 23.3 Å². The van der Waals surface area contributed by atoms with Gasteiger partial charge >= 0.3 is 0 Å². The first-order valence-corrected chi connectivity index (χ1v) is 6.13. The number of piperidine rings is 1. The van der Waals surface area contributed by atoms with Crippen LogP contribution in [0.5, 0.6) is 5.75 Å². The lowest BCUT2D eigenvalue weighted by Crippen LogP contribution is -2.47. The van der Waals surface area contributed by atoms with Gasteiger partial charge in [0, 0.05) is 25.2 Å². The lowest BCUT2D eigenvalue weighted by Gasteiger charge is -2.35. The molecule has 1 aromatic carbocycles. The average Bonchev–Trinajstić information content (AvgIpc) is 2.38. The molecule has 3 N–H and O–H groups in total. The van der Waals surface area contributed by atoms with Crippen LogP contribution in [-0.4, -0.2) is 35.0 Å². The van der Waals surface area contributed by atoms with E-state index >= 15 is 0 Å². The second kappa shape index (κ2) is 5.35. The summed E-state index contributed by atoms with van der Waals surface area (Å²) < 4.78 is 13.6. The zero-order chi connectivity index (χ0) is 13.1. The van der Waals surface area contributed by atoms with Gasteiger partial charge in [-0.2, -0.15) is 0 Å². The van der Waals surface area contributed by atoms with Gasteiger partial charge in [0.15, 0.2) is 0 Å². The molecule has 0 aliphatic carbocycles. The topological polar surface area (TPSA) is 66.6 Å². The minimum atomic E-state index is -0.693. The standard InChI is InChI=1S/C13H17FN2O2/c14-12-7-10(17)4-5-11(12)13(18)16-6-2-1-3-9(16)8-15/h4-5,7,9,17H,1-3,6,8,15H2. The first kappa shape index (κ1) is 12.8. The lowest BCUT2D eigenvalue weighted by molar-refractivity contribution is 0.0618. The van der Waals surface area contributed by atoms with Crippen LogP contribution < -0.4 is 5.73 Å². The Bertz CT molecular complexity index is 451. The number of halogens is 1. The molecule has 18 heavy (non-hydrogen) atoms. The van der Waals surface area contributed by atoms with Crippen molar-refractivity contribution in [2.24, 2.45) is 5.73 Å². The Labute approximate surface area is 105 Å². The Morgan fingerprint density at radius 1 is 1.50 bits per heavy atom. The molecule has 2 rings (SSSR count). The van der Waals surface area contributed by atoms with Crippen molar-refractivity contribution in [1.82, 2.24) is 4.90 Å². The number of nitrogens with zero attached hydrogens (tertiary/aromatic N) is 1. The highest BCUT2D eigenvalue weighted by atomic mass is 19.1. The highest BCUT2D eigenvalue weighted by Crippen LogP contribution is 2.22. The third kappa shape index (κ3) is 2.46. The Morgan fingerprint density at radius 3 is 2.94 bits per heavy atom. The normalized spacial score (nSPS) is 19.9. The van der Waals surface area contributed by atoms with E-state index in [4.69, 9.17) is 10.8 Å². The summed E-state index contributed by atoms with van der Waals surface area (Å²) in [6.45, 7) is 1.01. The van der Waals surface area contributed by atoms with Crippen LogP contribution in [0.15, 0.2) is 18.2 Å². The van der Waals surface area contributed by atoms with E-state index in [2.05, 4.69) is 0 Å². The molecular weight excluding hydrogens is 235 g/mol. The number of rotatable bonds is 2. The summed E-state index contributed by atoms with van der Waals surface area (Å²) in [7, 11) is 0. The predicted octanol–water partition coefficient (Wildman–Crippen LogP) is 1.48. The molecule has 1 unspecified atom stereocenters. The summed E-state index contributed by atoms with van der Waals surface area (Å²) >= 11 is 0. The van der Waals surface area contributed by atoms with Crippen molar-refractivity contribution >= 4 is 5.91 Å². The molecule has 0 spiro atoms. The first-order valence-electron chi connectivity index (χ1n) is 6.13. The highest BCUT2D eigenvalue weighted by Gasteiger charge is 2.27. The largest absolute Gasteiger partial charge is 0.508 e. The van der Waals surface area contributed by atoms with Gasteiger partial charge in [0.1, 0.15) is 11.6 Å². The minimum absolute atomic E-state index is 0.00634. The van der Waals surface area contributed by atoms with Crippen LogP contribution in [0.3, 0.4) is 0 Å². The van der Waals surface area contributed by atoms with Crippen LogP contribution in [0.25, 0.3) is 0 Å². The SMILES string of the molecule is NCC1CCCCN1C(=O)c1ccc(O)cc1F. The number of hydrogen-bond acceptors (Lipinski definition) is 3. The Hall–Kier alpha value is -1.62. The smallest absolute Gasteiger partial charge is 0.257 e. The Morgan fingerprint density at radius 2 is 2.28 bits per heavy atom. The summed E-state index contributed by atoms with van der Waals surface area (Å²) in [4.78, 5) is 13.9. The number of nitrogens with two attached hydrogens (primary N) is 1. The number of benzene rings is 1. The van der Waals surface area contributed by atoms with Gasteiger partial charge in [-0.3, -0.25) is 4.79 Å². The van der Waals surface area contributed by atoms with E-state index in [0.717, 1.165) is 25.3 Å². The monoisotopic (exact) mass is 252 g/mol. The number of carbonyl (C=O) groups excluding carboxylic acids is 1. The summed E-state index contributed by atoms with van der Waals surface area (Å²) in [6.07, 6.45) is 2.83. The molecule has 1 aliphatic heterocycles. The van der Waals surface area contributed by atoms with Gasteiger partial charge in [-0.15, -0.1) is 0 Å². The quantitative estimate of drug-likeness (QED) is 0.838. The van der Waals surface area contributed by atoms with Gasteiger partial charge in [-0.25, -0.2) is 4.39 Å². The van der Waals surface area contributed by atoms with Gasteiger partial charge in [-0.05, 0) is 31.4 Å². The maximum absolute atomic E-state index is 13.6. The van der Waals surface area contributed by atoms with E-state index in [1.54, 1.807) is 4.90 Å². The zero-order valence-electron chi connectivity index (χ0n) is 10.1. The first-order chi connectivity index (χ1) is 8.63. The van der Waals surface area contributed by atoms with Crippen molar-refractivity contribution < 1.29 is 14.3 Å². The Kier molecular flexibility index (Phi) is 3.81. The summed E-state index contributed by atoms with van der Waals surface area (Å²) in [6, 6.07) is 3.57. The number of carbonyl (C=O) groups is 1. The van der Waals surface area contributed by atoms with Crippen molar-refractivity contribution in [3.8, 4) is 5.75 Å². The number of phenolic OH excluding ortho intramolecular Hbond substituents is 1. The number of hydrogen-bond donors (Lipinski definition) is 2. The van der Waals surface area contributed by atoms with Gasteiger partial charge in [0.2, 0.25) is 0 Å². The zero-order valence-corrected chi connectivity index (χ0v) is 10.1. The van der Waals surface area contributed by atoms with E-state index in [0.29, 0.717) is 13.1 Å². The van der Waals surface area contributed by atoms with Crippen LogP contribution >= 0.6 is 0 Å². The highest BCUT2D eigenvalue weighted by molar-refractivity contribution is 5.95. The van der Waals surface area contributed by atoms with Crippen LogP contribution in [0.1, 0.15) is 29.6 Å². The molecule has 1 aliphatic rings. The molecule has 1 heterocycles. The molecule has 0 bridgehead atoms. The van der Waals surface area contributed by atoms with Crippen molar-refractivity contribution in [2.75, 3.05) is 13.1 Å². The Balaban J connectivity index is 2.24.